The zero-order chi connectivity index (χ0) is 20.3. The van der Waals surface area contributed by atoms with Crippen LogP contribution in [0.1, 0.15) is 21.5 Å². The third kappa shape index (κ3) is 4.28. The maximum atomic E-state index is 13.9. The van der Waals surface area contributed by atoms with Crippen molar-refractivity contribution in [2.45, 2.75) is 13.3 Å². The second-order valence-electron chi connectivity index (χ2n) is 6.73. The summed E-state index contributed by atoms with van der Waals surface area (Å²) in [6, 6.07) is 9.73. The van der Waals surface area contributed by atoms with Gasteiger partial charge in [-0.25, -0.2) is 4.39 Å². The van der Waals surface area contributed by atoms with Crippen molar-refractivity contribution in [3.05, 3.63) is 63.9 Å². The number of carbonyl (C=O) groups excluding carboxylic acids is 2. The number of carbonyl (C=O) groups is 2. The van der Waals surface area contributed by atoms with Crippen LogP contribution in [-0.4, -0.2) is 54.9 Å². The Labute approximate surface area is 168 Å². The third-order valence-electron chi connectivity index (χ3n) is 4.96. The number of hydrogen-bond donors (Lipinski definition) is 0. The van der Waals surface area contributed by atoms with Crippen molar-refractivity contribution in [3.63, 3.8) is 0 Å². The number of halogens is 2. The molecule has 5 nitrogen and oxygen atoms in total. The summed E-state index contributed by atoms with van der Waals surface area (Å²) in [7, 11) is 1.57. The first kappa shape index (κ1) is 20.1. The molecule has 0 bridgehead atoms. The molecule has 2 aromatic carbocycles. The molecule has 1 saturated heterocycles. The number of aryl methyl sites for hydroxylation is 1. The van der Waals surface area contributed by atoms with Crippen LogP contribution >= 0.6 is 11.6 Å². The van der Waals surface area contributed by atoms with Gasteiger partial charge in [0.25, 0.3) is 5.91 Å². The normalized spacial score (nSPS) is 14.1. The van der Waals surface area contributed by atoms with Crippen molar-refractivity contribution in [2.75, 3.05) is 33.3 Å². The van der Waals surface area contributed by atoms with E-state index in [9.17, 15) is 14.0 Å². The molecular formula is C21H22ClFN2O3. The molecular weight excluding hydrogens is 383 g/mol. The Morgan fingerprint density at radius 3 is 2.43 bits per heavy atom. The van der Waals surface area contributed by atoms with E-state index in [1.165, 1.54) is 12.1 Å². The first-order chi connectivity index (χ1) is 13.4. The standard InChI is InChI=1S/C21H22ClFN2O3/c1-14-6-7-15(12-19(14)28-2)21(27)25-10-8-24(9-11-25)20(26)13-16-17(22)4-3-5-18(16)23/h3-7,12H,8-11,13H2,1-2H3. The Kier molecular flexibility index (Phi) is 6.19. The fraction of sp³-hybridized carbons (Fsp3) is 0.333. The van der Waals surface area contributed by atoms with Gasteiger partial charge in [-0.15, -0.1) is 0 Å². The molecule has 0 spiro atoms. The Hall–Kier alpha value is -2.60. The summed E-state index contributed by atoms with van der Waals surface area (Å²) in [4.78, 5) is 28.6. The van der Waals surface area contributed by atoms with Gasteiger partial charge in [-0.1, -0.05) is 23.7 Å². The maximum absolute atomic E-state index is 13.9. The predicted molar refractivity (Wildman–Crippen MR) is 105 cm³/mol. The molecule has 1 aliphatic heterocycles. The number of rotatable bonds is 4. The Balaban J connectivity index is 1.61. The smallest absolute Gasteiger partial charge is 0.254 e. The van der Waals surface area contributed by atoms with Gasteiger partial charge in [-0.3, -0.25) is 9.59 Å². The molecule has 0 aliphatic carbocycles. The van der Waals surface area contributed by atoms with E-state index in [0.29, 0.717) is 37.5 Å². The number of hydrogen-bond acceptors (Lipinski definition) is 3. The SMILES string of the molecule is COc1cc(C(=O)N2CCN(C(=O)Cc3c(F)cccc3Cl)CC2)ccc1C. The van der Waals surface area contributed by atoms with Crippen molar-refractivity contribution in [1.82, 2.24) is 9.80 Å². The second-order valence-corrected chi connectivity index (χ2v) is 7.14. The first-order valence-electron chi connectivity index (χ1n) is 9.05. The zero-order valence-corrected chi connectivity index (χ0v) is 16.6. The maximum Gasteiger partial charge on any atom is 0.254 e. The summed E-state index contributed by atoms with van der Waals surface area (Å²) >= 11 is 6.01. The van der Waals surface area contributed by atoms with Gasteiger partial charge in [0.2, 0.25) is 5.91 Å². The summed E-state index contributed by atoms with van der Waals surface area (Å²) in [5, 5.41) is 0.246. The molecule has 0 saturated carbocycles. The lowest BCUT2D eigenvalue weighted by atomic mass is 10.1. The van der Waals surface area contributed by atoms with Crippen molar-refractivity contribution in [2.24, 2.45) is 0 Å². The Morgan fingerprint density at radius 2 is 1.79 bits per heavy atom. The molecule has 0 aromatic heterocycles. The average Bonchev–Trinajstić information content (AvgIpc) is 2.70. The topological polar surface area (TPSA) is 49.9 Å². The quantitative estimate of drug-likeness (QED) is 0.785. The van der Waals surface area contributed by atoms with Crippen LogP contribution in [-0.2, 0) is 11.2 Å². The van der Waals surface area contributed by atoms with Gasteiger partial charge >= 0.3 is 0 Å². The van der Waals surface area contributed by atoms with Gasteiger partial charge in [0, 0.05) is 42.3 Å². The van der Waals surface area contributed by atoms with Crippen LogP contribution in [0.5, 0.6) is 5.75 Å². The highest BCUT2D eigenvalue weighted by atomic mass is 35.5. The monoisotopic (exact) mass is 404 g/mol. The number of piperazine rings is 1. The summed E-state index contributed by atoms with van der Waals surface area (Å²) in [5.41, 5.74) is 1.72. The number of nitrogens with zero attached hydrogens (tertiary/aromatic N) is 2. The van der Waals surface area contributed by atoms with E-state index in [0.717, 1.165) is 5.56 Å². The minimum absolute atomic E-state index is 0.0887. The highest BCUT2D eigenvalue weighted by molar-refractivity contribution is 6.31. The third-order valence-corrected chi connectivity index (χ3v) is 5.32. The molecule has 0 unspecified atom stereocenters. The molecule has 1 heterocycles. The lowest BCUT2D eigenvalue weighted by molar-refractivity contribution is -0.132. The largest absolute Gasteiger partial charge is 0.496 e. The molecule has 7 heteroatoms. The molecule has 3 rings (SSSR count). The molecule has 2 amide bonds. The lowest BCUT2D eigenvalue weighted by Gasteiger charge is -2.35. The molecule has 0 radical (unpaired) electrons. The fourth-order valence-electron chi connectivity index (χ4n) is 3.26. The van der Waals surface area contributed by atoms with Crippen molar-refractivity contribution < 1.29 is 18.7 Å². The number of amides is 2. The van der Waals surface area contributed by atoms with Gasteiger partial charge in [-0.2, -0.15) is 0 Å². The minimum Gasteiger partial charge on any atom is -0.496 e. The van der Waals surface area contributed by atoms with Crippen LogP contribution in [0.2, 0.25) is 5.02 Å². The van der Waals surface area contributed by atoms with E-state index >= 15 is 0 Å². The molecule has 1 aliphatic rings. The van der Waals surface area contributed by atoms with Crippen LogP contribution in [0.25, 0.3) is 0 Å². The summed E-state index contributed by atoms with van der Waals surface area (Å²) in [6.07, 6.45) is -0.0887. The zero-order valence-electron chi connectivity index (χ0n) is 15.9. The number of methoxy groups -OCH3 is 1. The first-order valence-corrected chi connectivity index (χ1v) is 9.43. The van der Waals surface area contributed by atoms with E-state index in [-0.39, 0.29) is 28.8 Å². The van der Waals surface area contributed by atoms with Crippen molar-refractivity contribution in [1.29, 1.82) is 0 Å². The Morgan fingerprint density at radius 1 is 1.11 bits per heavy atom. The lowest BCUT2D eigenvalue weighted by Crippen LogP contribution is -2.51. The van der Waals surface area contributed by atoms with Crippen molar-refractivity contribution in [3.8, 4) is 5.75 Å². The van der Waals surface area contributed by atoms with Gasteiger partial charge in [0.05, 0.1) is 13.5 Å². The van der Waals surface area contributed by atoms with Crippen LogP contribution in [0, 0.1) is 12.7 Å². The summed E-state index contributed by atoms with van der Waals surface area (Å²) in [5.74, 6) is -0.108. The molecule has 148 valence electrons. The summed E-state index contributed by atoms with van der Waals surface area (Å²) < 4.78 is 19.2. The Bertz CT molecular complexity index is 875. The van der Waals surface area contributed by atoms with E-state index in [2.05, 4.69) is 0 Å². The molecule has 28 heavy (non-hydrogen) atoms. The average molecular weight is 405 g/mol. The van der Waals surface area contributed by atoms with Crippen LogP contribution in [0.15, 0.2) is 36.4 Å². The number of ether oxygens (including phenoxy) is 1. The highest BCUT2D eigenvalue weighted by Crippen LogP contribution is 2.22. The highest BCUT2D eigenvalue weighted by Gasteiger charge is 2.26. The minimum atomic E-state index is -0.483. The summed E-state index contributed by atoms with van der Waals surface area (Å²) in [6.45, 7) is 3.57. The molecule has 0 atom stereocenters. The van der Waals surface area contributed by atoms with Gasteiger partial charge in [0.15, 0.2) is 0 Å². The van der Waals surface area contributed by atoms with Crippen LogP contribution in [0.4, 0.5) is 4.39 Å². The molecule has 1 fully saturated rings. The second kappa shape index (κ2) is 8.61. The molecule has 0 N–H and O–H groups in total. The van der Waals surface area contributed by atoms with Crippen LogP contribution < -0.4 is 4.74 Å². The van der Waals surface area contributed by atoms with Gasteiger partial charge in [-0.05, 0) is 36.8 Å². The fourth-order valence-corrected chi connectivity index (χ4v) is 3.49. The van der Waals surface area contributed by atoms with E-state index < -0.39 is 5.82 Å². The predicted octanol–water partition coefficient (Wildman–Crippen LogP) is 3.32. The van der Waals surface area contributed by atoms with Crippen molar-refractivity contribution >= 4 is 23.4 Å². The van der Waals surface area contributed by atoms with E-state index in [1.807, 2.05) is 13.0 Å². The van der Waals surface area contributed by atoms with Gasteiger partial charge < -0.3 is 14.5 Å². The number of benzene rings is 2. The van der Waals surface area contributed by atoms with Gasteiger partial charge in [0.1, 0.15) is 11.6 Å². The van der Waals surface area contributed by atoms with E-state index in [1.54, 1.807) is 35.1 Å². The molecule has 2 aromatic rings. The van der Waals surface area contributed by atoms with E-state index in [4.69, 9.17) is 16.3 Å². The van der Waals surface area contributed by atoms with Crippen LogP contribution in [0.3, 0.4) is 0 Å².